The molecule has 17 heavy (non-hydrogen) atoms. The van der Waals surface area contributed by atoms with Gasteiger partial charge >= 0.3 is 0 Å². The fourth-order valence-electron chi connectivity index (χ4n) is 2.31. The molecule has 1 N–H and O–H groups in total. The molecule has 2 rings (SSSR count). The van der Waals surface area contributed by atoms with Gasteiger partial charge in [-0.3, -0.25) is 0 Å². The molecule has 96 valence electrons. The maximum Gasteiger partial charge on any atom is 0.0659 e. The zero-order valence-electron chi connectivity index (χ0n) is 10.5. The Hall–Kier alpha value is 0.740. The molecule has 1 aliphatic carbocycles. The van der Waals surface area contributed by atoms with Crippen LogP contribution in [0.15, 0.2) is 6.07 Å². The Bertz CT molecular complexity index is 364. The Balaban J connectivity index is 1.90. The lowest BCUT2D eigenvalue weighted by atomic mass is 9.94. The maximum atomic E-state index is 3.75. The summed E-state index contributed by atoms with van der Waals surface area (Å²) in [4.78, 5) is 1.62. The number of thiophene rings is 1. The van der Waals surface area contributed by atoms with Gasteiger partial charge in [-0.1, -0.05) is 6.92 Å². The number of aryl methyl sites for hydroxylation is 1. The van der Waals surface area contributed by atoms with E-state index >= 15 is 0 Å². The molecule has 2 unspecified atom stereocenters. The number of hydrogen-bond donors (Lipinski definition) is 1. The zero-order chi connectivity index (χ0) is 12.3. The van der Waals surface area contributed by atoms with Gasteiger partial charge in [0.15, 0.2) is 0 Å². The average Bonchev–Trinajstić information content (AvgIpc) is 2.70. The number of nitrogens with one attached hydrogen (secondary N) is 1. The van der Waals surface area contributed by atoms with E-state index in [1.54, 1.807) is 10.4 Å². The Morgan fingerprint density at radius 1 is 1.65 bits per heavy atom. The van der Waals surface area contributed by atoms with E-state index in [1.165, 1.54) is 28.6 Å². The fraction of sp³-hybridized carbons (Fsp3) is 0.692. The molecule has 0 saturated carbocycles. The Kier molecular flexibility index (Phi) is 5.64. The van der Waals surface area contributed by atoms with Crippen molar-refractivity contribution in [1.82, 2.24) is 5.32 Å². The molecule has 0 fully saturated rings. The highest BCUT2D eigenvalue weighted by Gasteiger charge is 2.21. The van der Waals surface area contributed by atoms with Crippen molar-refractivity contribution in [1.29, 1.82) is 0 Å². The minimum atomic E-state index is 0.618. The summed E-state index contributed by atoms with van der Waals surface area (Å²) in [7, 11) is 0. The summed E-state index contributed by atoms with van der Waals surface area (Å²) in [5.41, 5.74) is 1.59. The van der Waals surface area contributed by atoms with Crippen LogP contribution in [0.25, 0.3) is 0 Å². The van der Waals surface area contributed by atoms with Gasteiger partial charge in [0.05, 0.1) is 2.88 Å². The van der Waals surface area contributed by atoms with Gasteiger partial charge in [0.1, 0.15) is 0 Å². The van der Waals surface area contributed by atoms with Crippen molar-refractivity contribution in [2.24, 2.45) is 0 Å². The molecule has 1 aromatic rings. The van der Waals surface area contributed by atoms with E-state index < -0.39 is 0 Å². The number of halogens is 1. The first kappa shape index (κ1) is 14.2. The second kappa shape index (κ2) is 6.78. The van der Waals surface area contributed by atoms with Crippen LogP contribution in [0.2, 0.25) is 0 Å². The van der Waals surface area contributed by atoms with Crippen molar-refractivity contribution in [3.63, 3.8) is 0 Å². The lowest BCUT2D eigenvalue weighted by Gasteiger charge is -2.24. The fourth-order valence-corrected chi connectivity index (χ4v) is 4.79. The van der Waals surface area contributed by atoms with Gasteiger partial charge in [-0.05, 0) is 72.7 Å². The number of fused-ring (bicyclic) bond motifs is 1. The molecule has 0 aromatic carbocycles. The highest BCUT2D eigenvalue weighted by Crippen LogP contribution is 2.36. The molecule has 0 spiro atoms. The van der Waals surface area contributed by atoms with Crippen molar-refractivity contribution in [2.45, 2.75) is 43.9 Å². The van der Waals surface area contributed by atoms with Crippen LogP contribution in [0.4, 0.5) is 0 Å². The molecule has 1 nitrogen and oxygen atoms in total. The first-order valence-electron chi connectivity index (χ1n) is 6.25. The summed E-state index contributed by atoms with van der Waals surface area (Å²) < 4.78 is 1.44. The van der Waals surface area contributed by atoms with Crippen molar-refractivity contribution < 1.29 is 0 Å². The third-order valence-electron chi connectivity index (χ3n) is 3.43. The van der Waals surface area contributed by atoms with E-state index in [9.17, 15) is 0 Å². The third kappa shape index (κ3) is 3.85. The summed E-state index contributed by atoms with van der Waals surface area (Å²) in [6, 6.07) is 3.00. The smallest absolute Gasteiger partial charge is 0.0659 e. The van der Waals surface area contributed by atoms with E-state index in [0.717, 1.165) is 11.8 Å². The van der Waals surface area contributed by atoms with Crippen molar-refractivity contribution >= 4 is 45.7 Å². The number of hydrogen-bond acceptors (Lipinski definition) is 3. The highest BCUT2D eigenvalue weighted by molar-refractivity contribution is 14.1. The van der Waals surface area contributed by atoms with E-state index in [2.05, 4.69) is 47.2 Å². The summed E-state index contributed by atoms with van der Waals surface area (Å²) >= 11 is 6.40. The molecular weight excluding hydrogens is 361 g/mol. The van der Waals surface area contributed by atoms with Gasteiger partial charge in [0.2, 0.25) is 0 Å². The first-order chi connectivity index (χ1) is 8.20. The van der Waals surface area contributed by atoms with Gasteiger partial charge in [0.25, 0.3) is 0 Å². The highest BCUT2D eigenvalue weighted by atomic mass is 127. The number of thioether (sulfide) groups is 1. The Morgan fingerprint density at radius 2 is 2.47 bits per heavy atom. The maximum absolute atomic E-state index is 3.75. The monoisotopic (exact) mass is 381 g/mol. The van der Waals surface area contributed by atoms with Crippen LogP contribution in [-0.2, 0) is 6.42 Å². The topological polar surface area (TPSA) is 12.0 Å². The Morgan fingerprint density at radius 3 is 3.24 bits per heavy atom. The molecule has 1 aliphatic rings. The summed E-state index contributed by atoms with van der Waals surface area (Å²) in [6.45, 7) is 3.46. The molecule has 0 aliphatic heterocycles. The van der Waals surface area contributed by atoms with E-state index in [0.29, 0.717) is 6.04 Å². The van der Waals surface area contributed by atoms with Gasteiger partial charge in [-0.15, -0.1) is 11.3 Å². The van der Waals surface area contributed by atoms with E-state index in [1.807, 2.05) is 23.1 Å². The first-order valence-corrected chi connectivity index (χ1v) is 9.43. The SMILES string of the molecule is CSC(C)CCNC1CCCc2sc(I)cc21. The van der Waals surface area contributed by atoms with Crippen molar-refractivity contribution in [3.8, 4) is 0 Å². The third-order valence-corrected chi connectivity index (χ3v) is 6.44. The standard InChI is InChI=1S/C13H20INS2/c1-9(16-2)6-7-15-11-4-3-5-12-10(11)8-13(14)17-12/h8-9,11,15H,3-7H2,1-2H3. The largest absolute Gasteiger partial charge is 0.310 e. The molecule has 1 heterocycles. The predicted molar refractivity (Wildman–Crippen MR) is 88.3 cm³/mol. The predicted octanol–water partition coefficient (Wildman–Crippen LogP) is 4.46. The van der Waals surface area contributed by atoms with Gasteiger partial charge in [-0.25, -0.2) is 0 Å². The van der Waals surface area contributed by atoms with Crippen LogP contribution in [0, 0.1) is 2.88 Å². The molecule has 0 radical (unpaired) electrons. The second-order valence-electron chi connectivity index (χ2n) is 4.66. The normalized spacial score (nSPS) is 21.2. The van der Waals surface area contributed by atoms with Crippen LogP contribution in [0.3, 0.4) is 0 Å². The van der Waals surface area contributed by atoms with Crippen LogP contribution in [0.1, 0.15) is 42.7 Å². The Labute approximate surface area is 126 Å². The number of rotatable bonds is 5. The molecule has 1 aromatic heterocycles. The van der Waals surface area contributed by atoms with Crippen molar-refractivity contribution in [2.75, 3.05) is 12.8 Å². The van der Waals surface area contributed by atoms with Crippen molar-refractivity contribution in [3.05, 3.63) is 19.4 Å². The second-order valence-corrected chi connectivity index (χ2v) is 8.97. The zero-order valence-corrected chi connectivity index (χ0v) is 14.3. The molecule has 0 amide bonds. The molecule has 0 bridgehead atoms. The van der Waals surface area contributed by atoms with Gasteiger partial charge < -0.3 is 5.32 Å². The van der Waals surface area contributed by atoms with Gasteiger partial charge in [-0.2, -0.15) is 11.8 Å². The summed E-state index contributed by atoms with van der Waals surface area (Å²) in [5.74, 6) is 0. The van der Waals surface area contributed by atoms with Crippen LogP contribution in [-0.4, -0.2) is 18.1 Å². The van der Waals surface area contributed by atoms with E-state index in [4.69, 9.17) is 0 Å². The lowest BCUT2D eigenvalue weighted by molar-refractivity contribution is 0.459. The summed E-state index contributed by atoms with van der Waals surface area (Å²) in [5, 5.41) is 4.52. The molecule has 2 atom stereocenters. The lowest BCUT2D eigenvalue weighted by Crippen LogP contribution is -2.26. The molecule has 0 saturated heterocycles. The quantitative estimate of drug-likeness (QED) is 0.756. The van der Waals surface area contributed by atoms with E-state index in [-0.39, 0.29) is 0 Å². The summed E-state index contributed by atoms with van der Waals surface area (Å²) in [6.07, 6.45) is 7.42. The minimum absolute atomic E-state index is 0.618. The van der Waals surface area contributed by atoms with Crippen LogP contribution < -0.4 is 5.32 Å². The minimum Gasteiger partial charge on any atom is -0.310 e. The van der Waals surface area contributed by atoms with Crippen LogP contribution >= 0.6 is 45.7 Å². The average molecular weight is 381 g/mol. The van der Waals surface area contributed by atoms with Crippen LogP contribution in [0.5, 0.6) is 0 Å². The molecule has 4 heteroatoms. The molecular formula is C13H20INS2. The van der Waals surface area contributed by atoms with Gasteiger partial charge in [0, 0.05) is 16.2 Å².